The number of benzene rings is 1. The zero-order chi connectivity index (χ0) is 16.0. The van der Waals surface area contributed by atoms with Crippen molar-refractivity contribution < 1.29 is 29.1 Å². The van der Waals surface area contributed by atoms with Gasteiger partial charge >= 0.3 is 5.91 Å². The highest BCUT2D eigenvalue weighted by molar-refractivity contribution is 6.52. The highest BCUT2D eigenvalue weighted by Gasteiger charge is 2.40. The molecule has 1 saturated heterocycles. The number of nitrogens with one attached hydrogen (secondary N) is 1. The molecule has 7 nitrogen and oxygen atoms in total. The Morgan fingerprint density at radius 1 is 1.22 bits per heavy atom. The number of quaternary nitrogens is 1. The average Bonchev–Trinajstić information content (AvgIpc) is 2.78. The minimum absolute atomic E-state index is 0.341. The van der Waals surface area contributed by atoms with Crippen molar-refractivity contribution >= 4 is 17.4 Å². The van der Waals surface area contributed by atoms with Crippen LogP contribution in [0.3, 0.4) is 0 Å². The van der Waals surface area contributed by atoms with E-state index in [-0.39, 0.29) is 6.10 Å². The molecule has 3 heterocycles. The van der Waals surface area contributed by atoms with Crippen LogP contribution in [0.2, 0.25) is 0 Å². The van der Waals surface area contributed by atoms with Crippen LogP contribution in [0.4, 0.5) is 5.69 Å². The van der Waals surface area contributed by atoms with Gasteiger partial charge in [-0.2, -0.15) is 0 Å². The number of piperidine rings is 1. The fourth-order valence-electron chi connectivity index (χ4n) is 3.48. The molecule has 0 spiro atoms. The lowest BCUT2D eigenvalue weighted by Gasteiger charge is -2.30. The van der Waals surface area contributed by atoms with Crippen LogP contribution in [0.15, 0.2) is 12.1 Å². The summed E-state index contributed by atoms with van der Waals surface area (Å²) in [5.41, 5.74) is 0.952. The number of ether oxygens (including phenoxy) is 2. The Hall–Kier alpha value is -2.12. The number of aliphatic hydroxyl groups is 1. The number of nitrogens with zero attached hydrogens (tertiary/aromatic N) is 1. The number of hydrogen-bond acceptors (Lipinski definition) is 5. The van der Waals surface area contributed by atoms with Gasteiger partial charge < -0.3 is 19.5 Å². The molecule has 23 heavy (non-hydrogen) atoms. The van der Waals surface area contributed by atoms with E-state index in [1.165, 1.54) is 4.90 Å². The zero-order valence-corrected chi connectivity index (χ0v) is 12.7. The van der Waals surface area contributed by atoms with Gasteiger partial charge in [-0.05, 0) is 18.9 Å². The number of amides is 1. The molecule has 2 N–H and O–H groups in total. The normalized spacial score (nSPS) is 26.4. The van der Waals surface area contributed by atoms with Gasteiger partial charge in [-0.1, -0.05) is 0 Å². The summed E-state index contributed by atoms with van der Waals surface area (Å²) < 4.78 is 11.0. The summed E-state index contributed by atoms with van der Waals surface area (Å²) in [5.74, 6) is 0.0544. The molecular weight excluding hydrogens is 300 g/mol. The Balaban J connectivity index is 1.64. The molecule has 1 aromatic carbocycles. The van der Waals surface area contributed by atoms with Crippen molar-refractivity contribution in [1.29, 1.82) is 0 Å². The molecule has 1 amide bonds. The highest BCUT2D eigenvalue weighted by Crippen LogP contribution is 2.40. The number of Topliss-reactive ketones (excluding diaryl/α,β-unsaturated/α-hetero) is 1. The van der Waals surface area contributed by atoms with Crippen molar-refractivity contribution in [1.82, 2.24) is 0 Å². The Morgan fingerprint density at radius 2 is 1.96 bits per heavy atom. The predicted molar refractivity (Wildman–Crippen MR) is 80.1 cm³/mol. The first-order valence-corrected chi connectivity index (χ1v) is 7.95. The van der Waals surface area contributed by atoms with E-state index in [1.807, 2.05) is 0 Å². The fourth-order valence-corrected chi connectivity index (χ4v) is 3.48. The van der Waals surface area contributed by atoms with Gasteiger partial charge in [0.25, 0.3) is 5.78 Å². The van der Waals surface area contributed by atoms with Gasteiger partial charge in [0.05, 0.1) is 17.8 Å². The SMILES string of the molecule is O=C1C(=O)N(C[NH+]2CCC[C@@H](O)C2)c2cc3c(cc21)OCCO3. The van der Waals surface area contributed by atoms with Crippen molar-refractivity contribution in [2.45, 2.75) is 18.9 Å². The maximum Gasteiger partial charge on any atom is 0.303 e. The molecule has 4 rings (SSSR count). The lowest BCUT2D eigenvalue weighted by atomic mass is 10.1. The molecule has 122 valence electrons. The van der Waals surface area contributed by atoms with Gasteiger partial charge in [-0.25, -0.2) is 0 Å². The smallest absolute Gasteiger partial charge is 0.303 e. The topological polar surface area (TPSA) is 80.5 Å². The van der Waals surface area contributed by atoms with E-state index in [0.717, 1.165) is 24.3 Å². The molecule has 0 radical (unpaired) electrons. The molecule has 1 aromatic rings. The van der Waals surface area contributed by atoms with Crippen LogP contribution in [0.1, 0.15) is 23.2 Å². The summed E-state index contributed by atoms with van der Waals surface area (Å²) in [6, 6.07) is 3.32. The van der Waals surface area contributed by atoms with Crippen LogP contribution >= 0.6 is 0 Å². The van der Waals surface area contributed by atoms with Gasteiger partial charge in [0, 0.05) is 6.07 Å². The second-order valence-corrected chi connectivity index (χ2v) is 6.23. The Morgan fingerprint density at radius 3 is 2.70 bits per heavy atom. The number of hydrogen-bond donors (Lipinski definition) is 2. The number of anilines is 1. The summed E-state index contributed by atoms with van der Waals surface area (Å²) in [7, 11) is 0. The van der Waals surface area contributed by atoms with Crippen LogP contribution in [-0.2, 0) is 4.79 Å². The van der Waals surface area contributed by atoms with Crippen LogP contribution in [-0.4, -0.2) is 55.9 Å². The molecule has 1 unspecified atom stereocenters. The van der Waals surface area contributed by atoms with E-state index in [2.05, 4.69) is 0 Å². The third-order valence-electron chi connectivity index (χ3n) is 4.61. The maximum absolute atomic E-state index is 12.4. The van der Waals surface area contributed by atoms with Crippen molar-refractivity contribution in [2.75, 3.05) is 37.9 Å². The quantitative estimate of drug-likeness (QED) is 0.683. The second-order valence-electron chi connectivity index (χ2n) is 6.23. The van der Waals surface area contributed by atoms with Crippen molar-refractivity contribution in [2.24, 2.45) is 0 Å². The fraction of sp³-hybridized carbons (Fsp3) is 0.500. The number of aliphatic hydroxyl groups excluding tert-OH is 1. The minimum atomic E-state index is -0.519. The van der Waals surface area contributed by atoms with Crippen LogP contribution in [0.5, 0.6) is 11.5 Å². The van der Waals surface area contributed by atoms with Gasteiger partial charge in [0.2, 0.25) is 0 Å². The van der Waals surface area contributed by atoms with E-state index >= 15 is 0 Å². The summed E-state index contributed by atoms with van der Waals surface area (Å²) in [4.78, 5) is 27.2. The summed E-state index contributed by atoms with van der Waals surface area (Å²) in [5, 5.41) is 9.80. The lowest BCUT2D eigenvalue weighted by molar-refractivity contribution is -0.907. The van der Waals surface area contributed by atoms with Crippen LogP contribution in [0, 0.1) is 0 Å². The van der Waals surface area contributed by atoms with E-state index in [4.69, 9.17) is 9.47 Å². The number of fused-ring (bicyclic) bond motifs is 2. The molecule has 1 fully saturated rings. The molecule has 0 bridgehead atoms. The zero-order valence-electron chi connectivity index (χ0n) is 12.7. The van der Waals surface area contributed by atoms with E-state index < -0.39 is 11.7 Å². The molecule has 7 heteroatoms. The molecule has 3 aliphatic rings. The Bertz CT molecular complexity index is 675. The summed E-state index contributed by atoms with van der Waals surface area (Å²) >= 11 is 0. The first kappa shape index (κ1) is 14.5. The first-order valence-electron chi connectivity index (χ1n) is 7.95. The summed E-state index contributed by atoms with van der Waals surface area (Å²) in [6.07, 6.45) is 1.37. The number of rotatable bonds is 2. The van der Waals surface area contributed by atoms with Gasteiger partial charge in [-0.15, -0.1) is 0 Å². The maximum atomic E-state index is 12.4. The first-order chi connectivity index (χ1) is 11.1. The molecular formula is C16H19N2O5+. The number of ketones is 1. The monoisotopic (exact) mass is 319 g/mol. The van der Waals surface area contributed by atoms with E-state index in [1.54, 1.807) is 12.1 Å². The number of carbonyl (C=O) groups is 2. The lowest BCUT2D eigenvalue weighted by Crippen LogP contribution is -3.15. The van der Waals surface area contributed by atoms with Crippen molar-refractivity contribution in [3.05, 3.63) is 17.7 Å². The molecule has 2 atom stereocenters. The molecule has 0 saturated carbocycles. The van der Waals surface area contributed by atoms with Crippen LogP contribution in [0.25, 0.3) is 0 Å². The van der Waals surface area contributed by atoms with E-state index in [0.29, 0.717) is 49.2 Å². The van der Waals surface area contributed by atoms with Gasteiger partial charge in [-0.3, -0.25) is 14.5 Å². The van der Waals surface area contributed by atoms with Crippen molar-refractivity contribution in [3.8, 4) is 11.5 Å². The largest absolute Gasteiger partial charge is 0.486 e. The number of carbonyl (C=O) groups excluding carboxylic acids is 2. The third kappa shape index (κ3) is 2.46. The standard InChI is InChI=1S/C16H18N2O5/c19-10-2-1-3-17(8-10)9-18-12-7-14-13(22-4-5-23-14)6-11(12)15(20)16(18)21/h6-7,10,19H,1-5,8-9H2/p+1/t10-/m1/s1. The number of likely N-dealkylation sites (tertiary alicyclic amines) is 1. The van der Waals surface area contributed by atoms with Gasteiger partial charge in [0.1, 0.15) is 25.9 Å². The van der Waals surface area contributed by atoms with Crippen LogP contribution < -0.4 is 19.3 Å². The third-order valence-corrected chi connectivity index (χ3v) is 4.61. The Labute approximate surface area is 133 Å². The Kier molecular flexibility index (Phi) is 3.46. The van der Waals surface area contributed by atoms with E-state index in [9.17, 15) is 14.7 Å². The second kappa shape index (κ2) is 5.50. The molecule has 0 aliphatic carbocycles. The highest BCUT2D eigenvalue weighted by atomic mass is 16.6. The summed E-state index contributed by atoms with van der Waals surface area (Å²) in [6.45, 7) is 2.76. The minimum Gasteiger partial charge on any atom is -0.486 e. The molecule has 3 aliphatic heterocycles. The van der Waals surface area contributed by atoms with Crippen molar-refractivity contribution in [3.63, 3.8) is 0 Å². The average molecular weight is 319 g/mol. The molecule has 0 aromatic heterocycles. The predicted octanol–water partition coefficient (Wildman–Crippen LogP) is -1.02. The van der Waals surface area contributed by atoms with Gasteiger partial charge in [0.15, 0.2) is 18.2 Å².